The van der Waals surface area contributed by atoms with Crippen molar-refractivity contribution in [2.24, 2.45) is 0 Å². The molecule has 0 aliphatic rings. The van der Waals surface area contributed by atoms with Crippen LogP contribution in [-0.4, -0.2) is 38.0 Å². The van der Waals surface area contributed by atoms with Gasteiger partial charge in [-0.3, -0.25) is 9.59 Å². The third-order valence-electron chi connectivity index (χ3n) is 2.35. The molecule has 0 unspecified atom stereocenters. The number of hydrogen-bond acceptors (Lipinski definition) is 4. The van der Waals surface area contributed by atoms with Gasteiger partial charge in [-0.25, -0.2) is 4.79 Å². The first-order chi connectivity index (χ1) is 10.0. The summed E-state index contributed by atoms with van der Waals surface area (Å²) in [6.45, 7) is -0.603. The molecule has 0 heterocycles. The average molecular weight is 311 g/mol. The van der Waals surface area contributed by atoms with Crippen molar-refractivity contribution in [1.29, 1.82) is 0 Å². The number of hydrogen-bond donors (Lipinski definition) is 2. The van der Waals surface area contributed by atoms with Crippen LogP contribution in [0, 0.1) is 0 Å². The second-order valence-corrected chi connectivity index (χ2v) is 4.38. The Morgan fingerprint density at radius 3 is 2.48 bits per heavy atom. The van der Waals surface area contributed by atoms with E-state index >= 15 is 0 Å². The van der Waals surface area contributed by atoms with E-state index in [1.807, 2.05) is 0 Å². The van der Waals surface area contributed by atoms with Crippen molar-refractivity contribution in [3.8, 4) is 0 Å². The summed E-state index contributed by atoms with van der Waals surface area (Å²) >= 11 is 5.73. The van der Waals surface area contributed by atoms with E-state index in [2.05, 4.69) is 10.6 Å². The molecule has 0 radical (unpaired) electrons. The van der Waals surface area contributed by atoms with Gasteiger partial charge in [0.15, 0.2) is 6.61 Å². The minimum Gasteiger partial charge on any atom is -0.452 e. The van der Waals surface area contributed by atoms with Gasteiger partial charge in [0.25, 0.3) is 5.91 Å². The van der Waals surface area contributed by atoms with Crippen molar-refractivity contribution in [2.75, 3.05) is 20.2 Å². The van der Waals surface area contributed by atoms with Gasteiger partial charge >= 0.3 is 5.97 Å². The first-order valence-electron chi connectivity index (χ1n) is 6.09. The summed E-state index contributed by atoms with van der Waals surface area (Å²) in [6.07, 6.45) is 2.75. The lowest BCUT2D eigenvalue weighted by molar-refractivity contribution is -0.143. The summed E-state index contributed by atoms with van der Waals surface area (Å²) in [7, 11) is 1.45. The highest BCUT2D eigenvalue weighted by Gasteiger charge is 2.06. The van der Waals surface area contributed by atoms with Crippen LogP contribution in [0.15, 0.2) is 30.3 Å². The van der Waals surface area contributed by atoms with Crippen molar-refractivity contribution in [3.05, 3.63) is 40.9 Å². The Kier molecular flexibility index (Phi) is 6.97. The standard InChI is InChI=1S/C14H15ClN2O4/c1-16-12(18)8-17-13(19)9-21-14(20)7-4-10-2-5-11(15)6-3-10/h2-7H,8-9H2,1H3,(H,16,18)(H,17,19)/b7-4+. The lowest BCUT2D eigenvalue weighted by Gasteiger charge is -2.04. The summed E-state index contributed by atoms with van der Waals surface area (Å²) in [4.78, 5) is 33.5. The van der Waals surface area contributed by atoms with Gasteiger partial charge in [0.2, 0.25) is 5.91 Å². The quantitative estimate of drug-likeness (QED) is 0.600. The molecular formula is C14H15ClN2O4. The number of esters is 1. The van der Waals surface area contributed by atoms with Gasteiger partial charge in [-0.05, 0) is 23.8 Å². The molecule has 1 rings (SSSR count). The summed E-state index contributed by atoms with van der Waals surface area (Å²) in [5.41, 5.74) is 0.778. The highest BCUT2D eigenvalue weighted by atomic mass is 35.5. The Morgan fingerprint density at radius 1 is 1.19 bits per heavy atom. The third-order valence-corrected chi connectivity index (χ3v) is 2.60. The van der Waals surface area contributed by atoms with E-state index in [0.29, 0.717) is 5.02 Å². The predicted molar refractivity (Wildman–Crippen MR) is 78.5 cm³/mol. The van der Waals surface area contributed by atoms with Crippen LogP contribution in [0.25, 0.3) is 6.08 Å². The van der Waals surface area contributed by atoms with E-state index in [4.69, 9.17) is 16.3 Å². The molecule has 0 fully saturated rings. The molecule has 1 aromatic rings. The number of halogens is 1. The van der Waals surface area contributed by atoms with Crippen molar-refractivity contribution in [1.82, 2.24) is 10.6 Å². The molecule has 0 bridgehead atoms. The Labute approximate surface area is 127 Å². The number of carbonyl (C=O) groups excluding carboxylic acids is 3. The van der Waals surface area contributed by atoms with E-state index in [-0.39, 0.29) is 12.5 Å². The molecule has 7 heteroatoms. The highest BCUT2D eigenvalue weighted by Crippen LogP contribution is 2.10. The highest BCUT2D eigenvalue weighted by molar-refractivity contribution is 6.30. The minimum atomic E-state index is -0.653. The zero-order valence-corrected chi connectivity index (χ0v) is 12.1. The zero-order valence-electron chi connectivity index (χ0n) is 11.4. The molecule has 0 atom stereocenters. The molecule has 0 aliphatic carbocycles. The van der Waals surface area contributed by atoms with E-state index in [0.717, 1.165) is 5.56 Å². The minimum absolute atomic E-state index is 0.159. The van der Waals surface area contributed by atoms with Crippen molar-refractivity contribution >= 4 is 35.5 Å². The Balaban J connectivity index is 2.32. The van der Waals surface area contributed by atoms with Crippen LogP contribution in [0.1, 0.15) is 5.56 Å². The maximum absolute atomic E-state index is 11.4. The summed E-state index contributed by atoms with van der Waals surface area (Å²) < 4.78 is 4.72. The molecular weight excluding hydrogens is 296 g/mol. The van der Waals surface area contributed by atoms with E-state index in [9.17, 15) is 14.4 Å². The predicted octanol–water partition coefficient (Wildman–Crippen LogP) is 0.759. The van der Waals surface area contributed by atoms with Crippen molar-refractivity contribution in [3.63, 3.8) is 0 Å². The average Bonchev–Trinajstić information content (AvgIpc) is 2.49. The lowest BCUT2D eigenvalue weighted by atomic mass is 10.2. The molecule has 0 saturated carbocycles. The van der Waals surface area contributed by atoms with Crippen LogP contribution in [0.3, 0.4) is 0 Å². The van der Waals surface area contributed by atoms with E-state index in [1.165, 1.54) is 13.1 Å². The van der Waals surface area contributed by atoms with E-state index < -0.39 is 18.5 Å². The maximum Gasteiger partial charge on any atom is 0.331 e. The van der Waals surface area contributed by atoms with Gasteiger partial charge in [0, 0.05) is 18.1 Å². The maximum atomic E-state index is 11.4. The number of likely N-dealkylation sites (N-methyl/N-ethyl adjacent to an activating group) is 1. The Bertz CT molecular complexity index is 540. The third kappa shape index (κ3) is 7.12. The second-order valence-electron chi connectivity index (χ2n) is 3.94. The van der Waals surface area contributed by atoms with Crippen molar-refractivity contribution in [2.45, 2.75) is 0 Å². The molecule has 112 valence electrons. The molecule has 0 aliphatic heterocycles. The molecule has 0 saturated heterocycles. The normalized spacial score (nSPS) is 10.2. The van der Waals surface area contributed by atoms with Gasteiger partial charge in [0.1, 0.15) is 0 Å². The van der Waals surface area contributed by atoms with Gasteiger partial charge < -0.3 is 15.4 Å². The van der Waals surface area contributed by atoms with Crippen molar-refractivity contribution < 1.29 is 19.1 Å². The number of benzene rings is 1. The number of rotatable bonds is 6. The van der Waals surface area contributed by atoms with Crippen LogP contribution in [0.2, 0.25) is 5.02 Å². The number of amides is 2. The molecule has 1 aromatic carbocycles. The SMILES string of the molecule is CNC(=O)CNC(=O)COC(=O)/C=C/c1ccc(Cl)cc1. The molecule has 2 N–H and O–H groups in total. The van der Waals surface area contributed by atoms with Crippen LogP contribution in [-0.2, 0) is 19.1 Å². The summed E-state index contributed by atoms with van der Waals surface area (Å²) in [5.74, 6) is -1.54. The number of nitrogens with one attached hydrogen (secondary N) is 2. The summed E-state index contributed by atoms with van der Waals surface area (Å²) in [6, 6.07) is 6.86. The largest absolute Gasteiger partial charge is 0.452 e. The Hall–Kier alpha value is -2.34. The second kappa shape index (κ2) is 8.76. The first-order valence-corrected chi connectivity index (χ1v) is 6.46. The molecule has 6 nitrogen and oxygen atoms in total. The number of carbonyl (C=O) groups is 3. The van der Waals surface area contributed by atoms with Crippen LogP contribution in [0.5, 0.6) is 0 Å². The monoisotopic (exact) mass is 310 g/mol. The lowest BCUT2D eigenvalue weighted by Crippen LogP contribution is -2.37. The van der Waals surface area contributed by atoms with Gasteiger partial charge in [-0.15, -0.1) is 0 Å². The topological polar surface area (TPSA) is 84.5 Å². The number of ether oxygens (including phenoxy) is 1. The Morgan fingerprint density at radius 2 is 1.86 bits per heavy atom. The zero-order chi connectivity index (χ0) is 15.7. The molecule has 2 amide bonds. The van der Waals surface area contributed by atoms with Crippen LogP contribution < -0.4 is 10.6 Å². The van der Waals surface area contributed by atoms with E-state index in [1.54, 1.807) is 30.3 Å². The molecule has 21 heavy (non-hydrogen) atoms. The first kappa shape index (κ1) is 16.7. The fraction of sp³-hybridized carbons (Fsp3) is 0.214. The van der Waals surface area contributed by atoms with Crippen LogP contribution >= 0.6 is 11.6 Å². The van der Waals surface area contributed by atoms with Crippen LogP contribution in [0.4, 0.5) is 0 Å². The smallest absolute Gasteiger partial charge is 0.331 e. The molecule has 0 spiro atoms. The van der Waals surface area contributed by atoms with Gasteiger partial charge in [0.05, 0.1) is 6.54 Å². The van der Waals surface area contributed by atoms with Gasteiger partial charge in [-0.2, -0.15) is 0 Å². The summed E-state index contributed by atoms with van der Waals surface area (Å²) in [5, 5.41) is 5.25. The fourth-order valence-electron chi connectivity index (χ4n) is 1.24. The van der Waals surface area contributed by atoms with Gasteiger partial charge in [-0.1, -0.05) is 23.7 Å². The molecule has 0 aromatic heterocycles. The fourth-order valence-corrected chi connectivity index (χ4v) is 1.37.